The summed E-state index contributed by atoms with van der Waals surface area (Å²) in [6.45, 7) is 8.51. The minimum atomic E-state index is -0.565. The summed E-state index contributed by atoms with van der Waals surface area (Å²) in [7, 11) is 1.62. The number of aliphatic hydroxyl groups excluding tert-OH is 1. The van der Waals surface area contributed by atoms with E-state index in [1.165, 1.54) is 11.3 Å². The standard InChI is InChI=1S/C24H31ClN2O3/c1-4-5-19-7-9-23(24(14-19)29-3)30-17-21(28)16-26-10-12-27(13-11-26)22-15-20(25)8-6-18(22)2/h4-9,14-15,21,28H,10-13,16-17H2,1-3H3. The fourth-order valence-corrected chi connectivity index (χ4v) is 3.90. The molecule has 0 bridgehead atoms. The van der Waals surface area contributed by atoms with Crippen molar-refractivity contribution in [3.63, 3.8) is 0 Å². The Morgan fingerprint density at radius 1 is 1.10 bits per heavy atom. The molecule has 1 aliphatic rings. The molecule has 6 heteroatoms. The van der Waals surface area contributed by atoms with Crippen LogP contribution in [-0.2, 0) is 0 Å². The van der Waals surface area contributed by atoms with Gasteiger partial charge in [-0.15, -0.1) is 0 Å². The Labute approximate surface area is 184 Å². The second-order valence-electron chi connectivity index (χ2n) is 7.59. The number of aryl methyl sites for hydroxylation is 1. The molecule has 1 heterocycles. The van der Waals surface area contributed by atoms with Crippen LogP contribution in [0.15, 0.2) is 42.5 Å². The van der Waals surface area contributed by atoms with Crippen LogP contribution >= 0.6 is 11.6 Å². The maximum absolute atomic E-state index is 10.5. The lowest BCUT2D eigenvalue weighted by molar-refractivity contribution is 0.0653. The maximum Gasteiger partial charge on any atom is 0.161 e. The van der Waals surface area contributed by atoms with Crippen LogP contribution in [0.5, 0.6) is 11.5 Å². The van der Waals surface area contributed by atoms with Gasteiger partial charge in [-0.3, -0.25) is 4.90 Å². The SMILES string of the molecule is CC=Cc1ccc(OCC(O)CN2CCN(c3cc(Cl)ccc3C)CC2)c(OC)c1. The normalized spacial score (nSPS) is 16.1. The minimum Gasteiger partial charge on any atom is -0.493 e. The van der Waals surface area contributed by atoms with Gasteiger partial charge in [0.25, 0.3) is 0 Å². The molecular weight excluding hydrogens is 400 g/mol. The highest BCUT2D eigenvalue weighted by Gasteiger charge is 2.21. The first kappa shape index (κ1) is 22.5. The quantitative estimate of drug-likeness (QED) is 0.678. The van der Waals surface area contributed by atoms with Crippen molar-refractivity contribution in [3.8, 4) is 11.5 Å². The molecule has 0 amide bonds. The molecule has 2 aromatic carbocycles. The molecule has 0 spiro atoms. The molecule has 1 atom stereocenters. The summed E-state index contributed by atoms with van der Waals surface area (Å²) < 4.78 is 11.3. The first-order chi connectivity index (χ1) is 14.5. The lowest BCUT2D eigenvalue weighted by atomic mass is 10.1. The molecule has 2 aromatic rings. The summed E-state index contributed by atoms with van der Waals surface area (Å²) in [5.41, 5.74) is 3.48. The van der Waals surface area contributed by atoms with Crippen molar-refractivity contribution in [3.05, 3.63) is 58.6 Å². The molecule has 1 N–H and O–H groups in total. The number of nitrogens with zero attached hydrogens (tertiary/aromatic N) is 2. The maximum atomic E-state index is 10.5. The molecular formula is C24H31ClN2O3. The van der Waals surface area contributed by atoms with Gasteiger partial charge in [0.2, 0.25) is 0 Å². The van der Waals surface area contributed by atoms with Crippen LogP contribution in [0, 0.1) is 6.92 Å². The van der Waals surface area contributed by atoms with E-state index in [4.69, 9.17) is 21.1 Å². The predicted molar refractivity (Wildman–Crippen MR) is 124 cm³/mol. The van der Waals surface area contributed by atoms with Crippen molar-refractivity contribution < 1.29 is 14.6 Å². The number of hydrogen-bond donors (Lipinski definition) is 1. The molecule has 1 saturated heterocycles. The Morgan fingerprint density at radius 3 is 2.57 bits per heavy atom. The van der Waals surface area contributed by atoms with E-state index in [2.05, 4.69) is 22.8 Å². The van der Waals surface area contributed by atoms with Gasteiger partial charge in [-0.2, -0.15) is 0 Å². The Morgan fingerprint density at radius 2 is 1.87 bits per heavy atom. The van der Waals surface area contributed by atoms with Crippen LogP contribution in [-0.4, -0.2) is 62.6 Å². The zero-order valence-corrected chi connectivity index (χ0v) is 18.7. The van der Waals surface area contributed by atoms with Crippen molar-refractivity contribution >= 4 is 23.4 Å². The number of ether oxygens (including phenoxy) is 2. The van der Waals surface area contributed by atoms with Gasteiger partial charge in [0.1, 0.15) is 12.7 Å². The second kappa shape index (κ2) is 10.7. The van der Waals surface area contributed by atoms with Crippen molar-refractivity contribution in [1.82, 2.24) is 4.90 Å². The number of methoxy groups -OCH3 is 1. The van der Waals surface area contributed by atoms with Gasteiger partial charge < -0.3 is 19.5 Å². The van der Waals surface area contributed by atoms with Crippen molar-refractivity contribution in [1.29, 1.82) is 0 Å². The lowest BCUT2D eigenvalue weighted by Gasteiger charge is -2.37. The molecule has 1 unspecified atom stereocenters. The Balaban J connectivity index is 1.48. The molecule has 1 fully saturated rings. The average Bonchev–Trinajstić information content (AvgIpc) is 2.75. The summed E-state index contributed by atoms with van der Waals surface area (Å²) in [6, 6.07) is 11.8. The number of aliphatic hydroxyl groups is 1. The monoisotopic (exact) mass is 430 g/mol. The molecule has 0 radical (unpaired) electrons. The summed E-state index contributed by atoms with van der Waals surface area (Å²) >= 11 is 6.17. The van der Waals surface area contributed by atoms with E-state index in [0.29, 0.717) is 18.0 Å². The van der Waals surface area contributed by atoms with Gasteiger partial charge in [0, 0.05) is 43.4 Å². The van der Waals surface area contributed by atoms with Gasteiger partial charge >= 0.3 is 0 Å². The molecule has 0 saturated carbocycles. The van der Waals surface area contributed by atoms with Crippen LogP contribution < -0.4 is 14.4 Å². The predicted octanol–water partition coefficient (Wildman–Crippen LogP) is 4.25. The highest BCUT2D eigenvalue weighted by atomic mass is 35.5. The zero-order valence-electron chi connectivity index (χ0n) is 18.0. The number of β-amino-alcohol motifs (C(OH)–C–C–N with tert-alkyl or cyclic N) is 1. The molecule has 0 aliphatic carbocycles. The minimum absolute atomic E-state index is 0.229. The Kier molecular flexibility index (Phi) is 8.02. The molecule has 3 rings (SSSR count). The van der Waals surface area contributed by atoms with Gasteiger partial charge in [-0.05, 0) is 49.2 Å². The molecule has 1 aliphatic heterocycles. The molecule has 162 valence electrons. The summed E-state index contributed by atoms with van der Waals surface area (Å²) in [5, 5.41) is 11.2. The third kappa shape index (κ3) is 5.91. The zero-order chi connectivity index (χ0) is 21.5. The molecule has 5 nitrogen and oxygen atoms in total. The van der Waals surface area contributed by atoms with Gasteiger partial charge in [-0.1, -0.05) is 35.9 Å². The number of piperazine rings is 1. The average molecular weight is 431 g/mol. The number of anilines is 1. The van der Waals surface area contributed by atoms with Gasteiger partial charge in [-0.25, -0.2) is 0 Å². The first-order valence-corrected chi connectivity index (χ1v) is 10.7. The van der Waals surface area contributed by atoms with Gasteiger partial charge in [0.15, 0.2) is 11.5 Å². The number of halogens is 1. The molecule has 30 heavy (non-hydrogen) atoms. The summed E-state index contributed by atoms with van der Waals surface area (Å²) in [5.74, 6) is 1.31. The third-order valence-electron chi connectivity index (χ3n) is 5.33. The van der Waals surface area contributed by atoms with Gasteiger partial charge in [0.05, 0.1) is 7.11 Å². The fourth-order valence-electron chi connectivity index (χ4n) is 3.73. The largest absolute Gasteiger partial charge is 0.493 e. The number of hydrogen-bond acceptors (Lipinski definition) is 5. The van der Waals surface area contributed by atoms with E-state index in [9.17, 15) is 5.11 Å². The van der Waals surface area contributed by atoms with Crippen LogP contribution in [0.25, 0.3) is 6.08 Å². The fraction of sp³-hybridized carbons (Fsp3) is 0.417. The van der Waals surface area contributed by atoms with Crippen LogP contribution in [0.2, 0.25) is 5.02 Å². The topological polar surface area (TPSA) is 45.2 Å². The van der Waals surface area contributed by atoms with E-state index < -0.39 is 6.10 Å². The van der Waals surface area contributed by atoms with E-state index in [1.807, 2.05) is 49.4 Å². The third-order valence-corrected chi connectivity index (χ3v) is 5.57. The van der Waals surface area contributed by atoms with Crippen LogP contribution in [0.3, 0.4) is 0 Å². The van der Waals surface area contributed by atoms with E-state index in [1.54, 1.807) is 7.11 Å². The van der Waals surface area contributed by atoms with E-state index >= 15 is 0 Å². The molecule has 0 aromatic heterocycles. The highest BCUT2D eigenvalue weighted by Crippen LogP contribution is 2.29. The van der Waals surface area contributed by atoms with Crippen molar-refractivity contribution in [2.24, 2.45) is 0 Å². The summed E-state index contributed by atoms with van der Waals surface area (Å²) in [4.78, 5) is 4.63. The summed E-state index contributed by atoms with van der Waals surface area (Å²) in [6.07, 6.45) is 3.42. The van der Waals surface area contributed by atoms with E-state index in [-0.39, 0.29) is 6.61 Å². The Hall–Kier alpha value is -2.21. The van der Waals surface area contributed by atoms with Crippen molar-refractivity contribution in [2.45, 2.75) is 20.0 Å². The number of benzene rings is 2. The van der Waals surface area contributed by atoms with Crippen molar-refractivity contribution in [2.75, 3.05) is 51.3 Å². The highest BCUT2D eigenvalue weighted by molar-refractivity contribution is 6.30. The smallest absolute Gasteiger partial charge is 0.161 e. The second-order valence-corrected chi connectivity index (χ2v) is 8.03. The number of allylic oxidation sites excluding steroid dienone is 1. The number of rotatable bonds is 8. The van der Waals surface area contributed by atoms with Crippen LogP contribution in [0.1, 0.15) is 18.1 Å². The first-order valence-electron chi connectivity index (χ1n) is 10.3. The Bertz CT molecular complexity index is 864. The lowest BCUT2D eigenvalue weighted by Crippen LogP contribution is -2.49. The van der Waals surface area contributed by atoms with Crippen LogP contribution in [0.4, 0.5) is 5.69 Å². The van der Waals surface area contributed by atoms with E-state index in [0.717, 1.165) is 36.8 Å².